The Hall–Kier alpha value is -1.28. The first-order chi connectivity index (χ1) is 10.5. The maximum Gasteiger partial charge on any atom is 0.293 e. The molecule has 0 saturated heterocycles. The first-order valence-electron chi connectivity index (χ1n) is 7.28. The molecule has 0 amide bonds. The van der Waals surface area contributed by atoms with Crippen molar-refractivity contribution in [1.29, 1.82) is 5.26 Å². The van der Waals surface area contributed by atoms with Gasteiger partial charge in [0.05, 0.1) is 23.7 Å². The van der Waals surface area contributed by atoms with E-state index in [2.05, 4.69) is 30.0 Å². The third-order valence-electron chi connectivity index (χ3n) is 3.18. The van der Waals surface area contributed by atoms with Gasteiger partial charge in [-0.3, -0.25) is 9.24 Å². The summed E-state index contributed by atoms with van der Waals surface area (Å²) in [5.41, 5.74) is 1.33. The lowest BCUT2D eigenvalue weighted by Gasteiger charge is -2.29. The molecule has 7 heteroatoms. The van der Waals surface area contributed by atoms with Crippen LogP contribution in [0.25, 0.3) is 0 Å². The van der Waals surface area contributed by atoms with Crippen LogP contribution in [0.4, 0.5) is 5.69 Å². The van der Waals surface area contributed by atoms with Gasteiger partial charge >= 0.3 is 0 Å². The molecule has 0 aliphatic carbocycles. The van der Waals surface area contributed by atoms with Crippen molar-refractivity contribution >= 4 is 30.1 Å². The van der Waals surface area contributed by atoms with E-state index in [0.29, 0.717) is 17.4 Å². The van der Waals surface area contributed by atoms with Crippen molar-refractivity contribution in [3.05, 3.63) is 29.8 Å². The van der Waals surface area contributed by atoms with Gasteiger partial charge in [0.25, 0.3) is 6.65 Å². The molecule has 0 saturated carbocycles. The van der Waals surface area contributed by atoms with Gasteiger partial charge in [0.15, 0.2) is 0 Å². The van der Waals surface area contributed by atoms with Crippen molar-refractivity contribution < 1.29 is 4.57 Å². The Bertz CT molecular complexity index is 582. The number of hydrogen-bond donors (Lipinski definition) is 1. The molecule has 0 aliphatic rings. The van der Waals surface area contributed by atoms with Crippen molar-refractivity contribution in [1.82, 2.24) is 9.76 Å². The molecule has 0 aliphatic heterocycles. The molecule has 22 heavy (non-hydrogen) atoms. The van der Waals surface area contributed by atoms with Gasteiger partial charge in [0, 0.05) is 11.8 Å². The Morgan fingerprint density at radius 2 is 2.09 bits per heavy atom. The van der Waals surface area contributed by atoms with Gasteiger partial charge in [-0.2, -0.15) is 5.26 Å². The number of nitrogens with one attached hydrogen (secondary N) is 1. The topological polar surface area (TPSA) is 68.5 Å². The fraction of sp³-hybridized carbons (Fsp3) is 0.467. The van der Waals surface area contributed by atoms with Crippen molar-refractivity contribution in [2.24, 2.45) is 4.99 Å². The number of nitriles is 1. The van der Waals surface area contributed by atoms with Gasteiger partial charge in [-0.05, 0) is 44.7 Å². The zero-order valence-corrected chi connectivity index (χ0v) is 15.2. The summed E-state index contributed by atoms with van der Waals surface area (Å²) in [5.74, 6) is 0. The molecule has 0 bridgehead atoms. The third kappa shape index (κ3) is 5.17. The van der Waals surface area contributed by atoms with Crippen LogP contribution in [-0.4, -0.2) is 29.9 Å². The second-order valence-corrected chi connectivity index (χ2v) is 9.86. The highest BCUT2D eigenvalue weighted by molar-refractivity contribution is 8.57. The zero-order valence-electron chi connectivity index (χ0n) is 13.5. The Balaban J connectivity index is 2.91. The van der Waals surface area contributed by atoms with Crippen LogP contribution in [0.3, 0.4) is 0 Å². The molecular weight excluding hydrogens is 315 g/mol. The Kier molecular flexibility index (Phi) is 7.67. The van der Waals surface area contributed by atoms with Gasteiger partial charge < -0.3 is 0 Å². The summed E-state index contributed by atoms with van der Waals surface area (Å²) in [6.45, 7) is 3.96. The van der Waals surface area contributed by atoms with E-state index in [1.54, 1.807) is 42.3 Å². The molecule has 1 rings (SSSR count). The number of rotatable bonds is 8. The lowest BCUT2D eigenvalue weighted by atomic mass is 10.2. The zero-order chi connectivity index (χ0) is 16.6. The lowest BCUT2D eigenvalue weighted by molar-refractivity contribution is 0.535. The Labute approximate surface area is 137 Å². The minimum atomic E-state index is -2.74. The van der Waals surface area contributed by atoms with Crippen molar-refractivity contribution in [3.8, 4) is 6.07 Å². The average Bonchev–Trinajstić information content (AvgIpc) is 2.55. The minimum Gasteiger partial charge on any atom is -0.294 e. The monoisotopic (exact) mass is 338 g/mol. The molecule has 0 heterocycles. The molecule has 0 aromatic heterocycles. The molecule has 1 N–H and O–H groups in total. The first-order valence-corrected chi connectivity index (χ1v) is 10.4. The predicted octanol–water partition coefficient (Wildman–Crippen LogP) is 4.40. The van der Waals surface area contributed by atoms with Gasteiger partial charge in [0.2, 0.25) is 0 Å². The summed E-state index contributed by atoms with van der Waals surface area (Å²) in [7, 11) is 1.72. The van der Waals surface area contributed by atoms with E-state index in [1.165, 1.54) is 11.4 Å². The van der Waals surface area contributed by atoms with Crippen molar-refractivity contribution in [3.63, 3.8) is 0 Å². The van der Waals surface area contributed by atoms with E-state index in [1.807, 2.05) is 6.92 Å². The summed E-state index contributed by atoms with van der Waals surface area (Å²) in [4.78, 5) is 4.37. The molecule has 0 fully saturated rings. The second kappa shape index (κ2) is 8.99. The normalized spacial score (nSPS) is 15.2. The van der Waals surface area contributed by atoms with E-state index < -0.39 is 6.65 Å². The van der Waals surface area contributed by atoms with Gasteiger partial charge in [0.1, 0.15) is 0 Å². The smallest absolute Gasteiger partial charge is 0.293 e. The quantitative estimate of drug-likeness (QED) is 0.432. The summed E-state index contributed by atoms with van der Waals surface area (Å²) in [5, 5.41) is 12.0. The predicted molar refractivity (Wildman–Crippen MR) is 95.7 cm³/mol. The highest BCUT2D eigenvalue weighted by atomic mass is 32.7. The van der Waals surface area contributed by atoms with E-state index in [0.717, 1.165) is 12.1 Å². The maximum absolute atomic E-state index is 13.0. The van der Waals surface area contributed by atoms with E-state index >= 15 is 0 Å². The maximum atomic E-state index is 13.0. The van der Waals surface area contributed by atoms with E-state index in [9.17, 15) is 4.57 Å². The summed E-state index contributed by atoms with van der Waals surface area (Å²) < 4.78 is 14.8. The third-order valence-corrected chi connectivity index (χ3v) is 8.90. The molecule has 1 aromatic carbocycles. The average molecular weight is 338 g/mol. The SMILES string of the molecule is CCC(C)SP(=O)(NC)N(C=Nc1ccc(C#N)cc1)CC. The van der Waals surface area contributed by atoms with Crippen LogP contribution in [0.2, 0.25) is 0 Å². The molecule has 0 radical (unpaired) electrons. The molecule has 2 unspecified atom stereocenters. The summed E-state index contributed by atoms with van der Waals surface area (Å²) in [6, 6.07) is 9.05. The van der Waals surface area contributed by atoms with Crippen molar-refractivity contribution in [2.45, 2.75) is 32.4 Å². The number of hydrogen-bond acceptors (Lipinski definition) is 4. The molecule has 1 aromatic rings. The standard InChI is InChI=1S/C15H23N4OPS/c1-5-13(3)22-21(20,17-4)19(6-2)12-18-15-9-7-14(11-16)8-10-15/h7-10,12-13H,5-6H2,1-4H3,(H,17,20). The fourth-order valence-corrected chi connectivity index (χ4v) is 6.39. The summed E-state index contributed by atoms with van der Waals surface area (Å²) >= 11 is 1.46. The van der Waals surface area contributed by atoms with Crippen LogP contribution in [0, 0.1) is 11.3 Å². The Morgan fingerprint density at radius 3 is 2.55 bits per heavy atom. The molecular formula is C15H23N4OPS. The van der Waals surface area contributed by atoms with Crippen LogP contribution in [0.15, 0.2) is 29.3 Å². The number of nitrogens with zero attached hydrogens (tertiary/aromatic N) is 3. The highest BCUT2D eigenvalue weighted by Crippen LogP contribution is 2.59. The number of aliphatic imine (C=N–C) groups is 1. The lowest BCUT2D eigenvalue weighted by Crippen LogP contribution is -2.24. The van der Waals surface area contributed by atoms with Crippen molar-refractivity contribution in [2.75, 3.05) is 13.6 Å². The Morgan fingerprint density at radius 1 is 1.45 bits per heavy atom. The van der Waals surface area contributed by atoms with E-state index in [4.69, 9.17) is 5.26 Å². The number of benzene rings is 1. The first kappa shape index (κ1) is 18.8. The fourth-order valence-electron chi connectivity index (χ4n) is 1.65. The molecule has 5 nitrogen and oxygen atoms in total. The minimum absolute atomic E-state index is 0.302. The van der Waals surface area contributed by atoms with Crippen LogP contribution in [-0.2, 0) is 4.57 Å². The van der Waals surface area contributed by atoms with Crippen LogP contribution in [0.1, 0.15) is 32.8 Å². The van der Waals surface area contributed by atoms with E-state index in [-0.39, 0.29) is 0 Å². The van der Waals surface area contributed by atoms with Crippen LogP contribution >= 0.6 is 18.0 Å². The second-order valence-electron chi connectivity index (χ2n) is 4.73. The molecule has 2 atom stereocenters. The molecule has 120 valence electrons. The van der Waals surface area contributed by atoms with Gasteiger partial charge in [-0.25, -0.2) is 10.1 Å². The summed E-state index contributed by atoms with van der Waals surface area (Å²) in [6.07, 6.45) is 2.58. The molecule has 0 spiro atoms. The van der Waals surface area contributed by atoms with Gasteiger partial charge in [-0.15, -0.1) is 0 Å². The van der Waals surface area contributed by atoms with Gasteiger partial charge in [-0.1, -0.05) is 25.2 Å². The van der Waals surface area contributed by atoms with Crippen LogP contribution < -0.4 is 5.09 Å². The highest BCUT2D eigenvalue weighted by Gasteiger charge is 2.28. The van der Waals surface area contributed by atoms with Crippen LogP contribution in [0.5, 0.6) is 0 Å². The largest absolute Gasteiger partial charge is 0.294 e.